The van der Waals surface area contributed by atoms with Crippen LogP contribution in [0.2, 0.25) is 0 Å². The molecule has 10 nitrogen and oxygen atoms in total. The quantitative estimate of drug-likeness (QED) is 0.453. The molecule has 0 unspecified atom stereocenters. The second-order valence-electron chi connectivity index (χ2n) is 7.14. The molecule has 1 aliphatic rings. The minimum absolute atomic E-state index is 0.131. The van der Waals surface area contributed by atoms with Gasteiger partial charge in [-0.15, -0.1) is 0 Å². The molecule has 0 saturated heterocycles. The average Bonchev–Trinajstić information content (AvgIpc) is 3.48. The Kier molecular flexibility index (Phi) is 5.78. The summed E-state index contributed by atoms with van der Waals surface area (Å²) in [5.41, 5.74) is 0.611. The highest BCUT2D eigenvalue weighted by molar-refractivity contribution is 6.05. The van der Waals surface area contributed by atoms with E-state index in [0.717, 1.165) is 25.7 Å². The summed E-state index contributed by atoms with van der Waals surface area (Å²) >= 11 is 0. The maximum absolute atomic E-state index is 12.8. The normalized spacial score (nSPS) is 13.7. The van der Waals surface area contributed by atoms with Crippen molar-refractivity contribution in [3.8, 4) is 17.2 Å². The number of anilines is 1. The zero-order valence-electron chi connectivity index (χ0n) is 16.9. The highest BCUT2D eigenvalue weighted by atomic mass is 16.6. The Bertz CT molecular complexity index is 1090. The molecule has 0 atom stereocenters. The number of amides is 1. The Balaban J connectivity index is 1.56. The molecule has 1 aromatic heterocycles. The molecule has 1 N–H and O–H groups in total. The number of carbonyl (C=O) groups excluding carboxylic acids is 1. The summed E-state index contributed by atoms with van der Waals surface area (Å²) in [6.07, 6.45) is 7.00. The third-order valence-electron chi connectivity index (χ3n) is 5.12. The zero-order chi connectivity index (χ0) is 21.8. The molecule has 1 heterocycles. The summed E-state index contributed by atoms with van der Waals surface area (Å²) in [6, 6.07) is 9.29. The van der Waals surface area contributed by atoms with E-state index in [4.69, 9.17) is 9.47 Å². The van der Waals surface area contributed by atoms with E-state index in [1.165, 1.54) is 35.5 Å². The third-order valence-corrected chi connectivity index (χ3v) is 5.12. The molecule has 1 amide bonds. The van der Waals surface area contributed by atoms with Crippen LogP contribution in [0.4, 0.5) is 11.4 Å². The molecule has 1 fully saturated rings. The predicted octanol–water partition coefficient (Wildman–Crippen LogP) is 3.76. The lowest BCUT2D eigenvalue weighted by atomic mass is 10.1. The van der Waals surface area contributed by atoms with Crippen molar-refractivity contribution in [2.75, 3.05) is 12.4 Å². The lowest BCUT2D eigenvalue weighted by Gasteiger charge is -2.17. The second-order valence-corrected chi connectivity index (χ2v) is 7.14. The first kappa shape index (κ1) is 20.3. The van der Waals surface area contributed by atoms with Crippen molar-refractivity contribution >= 4 is 17.3 Å². The summed E-state index contributed by atoms with van der Waals surface area (Å²) in [6.45, 7) is 0. The number of hydrogen-bond donors (Lipinski definition) is 1. The fourth-order valence-corrected chi connectivity index (χ4v) is 3.57. The van der Waals surface area contributed by atoms with Gasteiger partial charge in [0.15, 0.2) is 11.5 Å². The van der Waals surface area contributed by atoms with Gasteiger partial charge >= 0.3 is 0 Å². The van der Waals surface area contributed by atoms with E-state index in [2.05, 4.69) is 15.4 Å². The number of rotatable bonds is 7. The van der Waals surface area contributed by atoms with Crippen molar-refractivity contribution in [2.45, 2.75) is 31.8 Å². The zero-order valence-corrected chi connectivity index (χ0v) is 16.9. The number of ether oxygens (including phenoxy) is 2. The number of nitrogens with zero attached hydrogens (tertiary/aromatic N) is 4. The van der Waals surface area contributed by atoms with Crippen molar-refractivity contribution in [3.63, 3.8) is 0 Å². The lowest BCUT2D eigenvalue weighted by molar-refractivity contribution is -0.384. The first-order chi connectivity index (χ1) is 15.0. The molecule has 0 spiro atoms. The lowest BCUT2D eigenvalue weighted by Crippen LogP contribution is -2.14. The molecule has 2 aromatic carbocycles. The standard InChI is InChI=1S/C21H21N5O5/c1-30-19-9-7-15(11-20(19)31-16-4-2-3-5-16)24-21(27)14-6-8-17(18(10-14)26(28)29)25-13-22-12-23-25/h6-13,16H,2-5H2,1H3,(H,24,27). The van der Waals surface area contributed by atoms with E-state index in [1.54, 1.807) is 25.3 Å². The molecule has 31 heavy (non-hydrogen) atoms. The van der Waals surface area contributed by atoms with Crippen molar-refractivity contribution in [3.05, 3.63) is 64.7 Å². The highest BCUT2D eigenvalue weighted by Gasteiger charge is 2.21. The maximum Gasteiger partial charge on any atom is 0.295 e. The van der Waals surface area contributed by atoms with Crippen LogP contribution in [0.1, 0.15) is 36.0 Å². The first-order valence-electron chi connectivity index (χ1n) is 9.84. The number of benzene rings is 2. The summed E-state index contributed by atoms with van der Waals surface area (Å²) in [4.78, 5) is 27.5. The Morgan fingerprint density at radius 1 is 1.19 bits per heavy atom. The van der Waals surface area contributed by atoms with Crippen LogP contribution in [-0.4, -0.2) is 38.8 Å². The van der Waals surface area contributed by atoms with E-state index in [-0.39, 0.29) is 23.0 Å². The number of nitro benzene ring substituents is 1. The predicted molar refractivity (Wildman–Crippen MR) is 112 cm³/mol. The minimum Gasteiger partial charge on any atom is -0.493 e. The van der Waals surface area contributed by atoms with Crippen LogP contribution in [0.5, 0.6) is 11.5 Å². The monoisotopic (exact) mass is 423 g/mol. The molecule has 3 aromatic rings. The molecule has 0 radical (unpaired) electrons. The minimum atomic E-state index is -0.561. The third kappa shape index (κ3) is 4.47. The number of nitrogens with one attached hydrogen (secondary N) is 1. The average molecular weight is 423 g/mol. The molecule has 0 bridgehead atoms. The van der Waals surface area contributed by atoms with Crippen molar-refractivity contribution < 1.29 is 19.2 Å². The molecule has 0 aliphatic heterocycles. The van der Waals surface area contributed by atoms with E-state index in [0.29, 0.717) is 17.2 Å². The van der Waals surface area contributed by atoms with Crippen LogP contribution in [0, 0.1) is 10.1 Å². The fourth-order valence-electron chi connectivity index (χ4n) is 3.57. The Morgan fingerprint density at radius 2 is 2.00 bits per heavy atom. The van der Waals surface area contributed by atoms with Crippen LogP contribution >= 0.6 is 0 Å². The molecular weight excluding hydrogens is 402 g/mol. The van der Waals surface area contributed by atoms with E-state index < -0.39 is 10.8 Å². The number of nitro groups is 1. The summed E-state index contributed by atoms with van der Waals surface area (Å²) in [7, 11) is 1.56. The van der Waals surface area contributed by atoms with E-state index in [1.807, 2.05) is 0 Å². The SMILES string of the molecule is COc1ccc(NC(=O)c2ccc(-n3cncn3)c([N+](=O)[O-])c2)cc1OC1CCCC1. The van der Waals surface area contributed by atoms with E-state index in [9.17, 15) is 14.9 Å². The van der Waals surface area contributed by atoms with Crippen LogP contribution in [-0.2, 0) is 0 Å². The molecule has 160 valence electrons. The van der Waals surface area contributed by atoms with Crippen LogP contribution in [0.15, 0.2) is 49.1 Å². The van der Waals surface area contributed by atoms with Gasteiger partial charge in [0.05, 0.1) is 18.1 Å². The maximum atomic E-state index is 12.8. The topological polar surface area (TPSA) is 121 Å². The molecule has 4 rings (SSSR count). The Labute approximate surface area is 178 Å². The molecule has 10 heteroatoms. The first-order valence-corrected chi connectivity index (χ1v) is 9.84. The van der Waals surface area contributed by atoms with Gasteiger partial charge in [-0.3, -0.25) is 14.9 Å². The van der Waals surface area contributed by atoms with Crippen molar-refractivity contribution in [2.24, 2.45) is 0 Å². The summed E-state index contributed by atoms with van der Waals surface area (Å²) in [5, 5.41) is 18.2. The van der Waals surface area contributed by atoms with E-state index >= 15 is 0 Å². The fraction of sp³-hybridized carbons (Fsp3) is 0.286. The van der Waals surface area contributed by atoms with Crippen molar-refractivity contribution in [1.82, 2.24) is 14.8 Å². The van der Waals surface area contributed by atoms with Crippen LogP contribution in [0.25, 0.3) is 5.69 Å². The largest absolute Gasteiger partial charge is 0.493 e. The van der Waals surface area contributed by atoms with Gasteiger partial charge in [0, 0.05) is 23.4 Å². The van der Waals surface area contributed by atoms with Gasteiger partial charge in [-0.2, -0.15) is 5.10 Å². The van der Waals surface area contributed by atoms with Gasteiger partial charge in [-0.05, 0) is 49.9 Å². The molecular formula is C21H21N5O5. The van der Waals surface area contributed by atoms with Crippen LogP contribution in [0.3, 0.4) is 0 Å². The van der Waals surface area contributed by atoms with Gasteiger partial charge in [0.2, 0.25) is 0 Å². The van der Waals surface area contributed by atoms with Gasteiger partial charge in [-0.1, -0.05) is 0 Å². The van der Waals surface area contributed by atoms with Crippen LogP contribution < -0.4 is 14.8 Å². The Hall–Kier alpha value is -3.95. The molecule has 1 saturated carbocycles. The number of carbonyl (C=O) groups is 1. The summed E-state index contributed by atoms with van der Waals surface area (Å²) in [5.74, 6) is 0.655. The smallest absolute Gasteiger partial charge is 0.295 e. The number of aromatic nitrogens is 3. The van der Waals surface area contributed by atoms with Gasteiger partial charge in [0.1, 0.15) is 18.3 Å². The Morgan fingerprint density at radius 3 is 2.68 bits per heavy atom. The van der Waals surface area contributed by atoms with Gasteiger partial charge < -0.3 is 14.8 Å². The highest BCUT2D eigenvalue weighted by Crippen LogP contribution is 2.34. The second kappa shape index (κ2) is 8.82. The number of methoxy groups -OCH3 is 1. The molecule has 1 aliphatic carbocycles. The van der Waals surface area contributed by atoms with Gasteiger partial charge in [0.25, 0.3) is 11.6 Å². The van der Waals surface area contributed by atoms with Gasteiger partial charge in [-0.25, -0.2) is 9.67 Å². The van der Waals surface area contributed by atoms with Crippen molar-refractivity contribution in [1.29, 1.82) is 0 Å². The number of hydrogen-bond acceptors (Lipinski definition) is 7. The summed E-state index contributed by atoms with van der Waals surface area (Å²) < 4.78 is 12.7.